The first-order chi connectivity index (χ1) is 16.2. The number of benzene rings is 3. The van der Waals surface area contributed by atoms with Crippen LogP contribution < -0.4 is 14.8 Å². The molecule has 0 bridgehead atoms. The molecule has 8 heteroatoms. The van der Waals surface area contributed by atoms with Crippen LogP contribution in [-0.4, -0.2) is 40.6 Å². The van der Waals surface area contributed by atoms with Crippen LogP contribution in [-0.2, 0) is 6.42 Å². The Hall–Kier alpha value is -3.65. The molecule has 0 saturated carbocycles. The number of fused-ring (bicyclic) bond motifs is 3. The lowest BCUT2D eigenvalue weighted by Crippen LogP contribution is -2.08. The lowest BCUT2D eigenvalue weighted by atomic mass is 10.1. The normalized spacial score (nSPS) is 11.1. The molecule has 0 fully saturated rings. The van der Waals surface area contributed by atoms with Crippen LogP contribution in [0.5, 0.6) is 11.5 Å². The van der Waals surface area contributed by atoms with E-state index >= 15 is 0 Å². The van der Waals surface area contributed by atoms with Gasteiger partial charge in [-0.1, -0.05) is 51.5 Å². The minimum Gasteiger partial charge on any atom is -0.493 e. The van der Waals surface area contributed by atoms with Crippen LogP contribution in [0.15, 0.2) is 71.2 Å². The third-order valence-electron chi connectivity index (χ3n) is 5.50. The maximum Gasteiger partial charge on any atom is 0.186 e. The van der Waals surface area contributed by atoms with Crippen LogP contribution >= 0.6 is 15.9 Å². The summed E-state index contributed by atoms with van der Waals surface area (Å²) in [4.78, 5) is 4.93. The van der Waals surface area contributed by atoms with Crippen molar-refractivity contribution in [3.05, 3.63) is 76.8 Å². The quantitative estimate of drug-likeness (QED) is 0.321. The van der Waals surface area contributed by atoms with E-state index in [2.05, 4.69) is 31.6 Å². The zero-order chi connectivity index (χ0) is 22.8. The molecule has 0 unspecified atom stereocenters. The Labute approximate surface area is 199 Å². The molecule has 33 heavy (non-hydrogen) atoms. The first-order valence-electron chi connectivity index (χ1n) is 10.5. The number of nitrogens with one attached hydrogen (secondary N) is 1. The molecule has 3 aromatic carbocycles. The van der Waals surface area contributed by atoms with Gasteiger partial charge in [0, 0.05) is 22.0 Å². The van der Waals surface area contributed by atoms with Gasteiger partial charge in [0.2, 0.25) is 0 Å². The summed E-state index contributed by atoms with van der Waals surface area (Å²) in [6.07, 6.45) is 0.803. The van der Waals surface area contributed by atoms with E-state index in [0.29, 0.717) is 12.2 Å². The minimum atomic E-state index is 0.705. The summed E-state index contributed by atoms with van der Waals surface area (Å²) in [5, 5.41) is 13.3. The van der Waals surface area contributed by atoms with Gasteiger partial charge < -0.3 is 14.8 Å². The number of anilines is 1. The molecule has 0 spiro atoms. The van der Waals surface area contributed by atoms with Gasteiger partial charge in [-0.05, 0) is 48.4 Å². The first kappa shape index (κ1) is 21.2. The Balaban J connectivity index is 1.49. The van der Waals surface area contributed by atoms with E-state index in [9.17, 15) is 0 Å². The average Bonchev–Trinajstić information content (AvgIpc) is 3.28. The topological polar surface area (TPSA) is 73.6 Å². The number of ether oxygens (including phenoxy) is 2. The van der Waals surface area contributed by atoms with Crippen molar-refractivity contribution in [1.82, 2.24) is 19.8 Å². The second kappa shape index (κ2) is 9.07. The van der Waals surface area contributed by atoms with Gasteiger partial charge in [-0.3, -0.25) is 0 Å². The zero-order valence-electron chi connectivity index (χ0n) is 18.2. The Morgan fingerprint density at radius 1 is 0.939 bits per heavy atom. The summed E-state index contributed by atoms with van der Waals surface area (Å²) in [6, 6.07) is 22.0. The molecular formula is C25H22BrN5O2. The smallest absolute Gasteiger partial charge is 0.186 e. The van der Waals surface area contributed by atoms with Crippen molar-refractivity contribution in [3.63, 3.8) is 0 Å². The van der Waals surface area contributed by atoms with Crippen molar-refractivity contribution in [3.8, 4) is 22.8 Å². The third kappa shape index (κ3) is 4.09. The van der Waals surface area contributed by atoms with Crippen molar-refractivity contribution in [2.24, 2.45) is 0 Å². The van der Waals surface area contributed by atoms with Crippen LogP contribution in [0.2, 0.25) is 0 Å². The number of hydrogen-bond donors (Lipinski definition) is 1. The second-order valence-corrected chi connectivity index (χ2v) is 8.44. The van der Waals surface area contributed by atoms with Gasteiger partial charge in [0.05, 0.1) is 19.7 Å². The predicted molar refractivity (Wildman–Crippen MR) is 133 cm³/mol. The van der Waals surface area contributed by atoms with Gasteiger partial charge >= 0.3 is 0 Å². The highest BCUT2D eigenvalue weighted by molar-refractivity contribution is 9.10. The van der Waals surface area contributed by atoms with Crippen LogP contribution in [0.1, 0.15) is 5.56 Å². The molecule has 5 rings (SSSR count). The average molecular weight is 504 g/mol. The van der Waals surface area contributed by atoms with Crippen molar-refractivity contribution in [2.75, 3.05) is 26.1 Å². The molecule has 2 aromatic heterocycles. The molecule has 0 amide bonds. The number of halogens is 1. The van der Waals surface area contributed by atoms with Crippen LogP contribution in [0, 0.1) is 0 Å². The number of rotatable bonds is 7. The van der Waals surface area contributed by atoms with E-state index in [1.54, 1.807) is 18.7 Å². The minimum absolute atomic E-state index is 0.705. The first-order valence-corrected chi connectivity index (χ1v) is 11.3. The molecule has 0 saturated heterocycles. The van der Waals surface area contributed by atoms with Gasteiger partial charge in [0.25, 0.3) is 0 Å². The van der Waals surface area contributed by atoms with E-state index in [1.807, 2.05) is 66.7 Å². The number of hydrogen-bond acceptors (Lipinski definition) is 6. The van der Waals surface area contributed by atoms with Crippen LogP contribution in [0.3, 0.4) is 0 Å². The fourth-order valence-corrected chi connectivity index (χ4v) is 4.28. The summed E-state index contributed by atoms with van der Waals surface area (Å²) in [7, 11) is 3.29. The van der Waals surface area contributed by atoms with E-state index in [4.69, 9.17) is 14.5 Å². The van der Waals surface area contributed by atoms with Gasteiger partial charge in [-0.25, -0.2) is 4.98 Å². The summed E-state index contributed by atoms with van der Waals surface area (Å²) < 4.78 is 13.5. The molecule has 7 nitrogen and oxygen atoms in total. The lowest BCUT2D eigenvalue weighted by molar-refractivity contribution is 0.354. The maximum absolute atomic E-state index is 5.42. The second-order valence-electron chi connectivity index (χ2n) is 7.53. The molecule has 1 N–H and O–H groups in total. The Morgan fingerprint density at radius 3 is 2.61 bits per heavy atom. The van der Waals surface area contributed by atoms with Gasteiger partial charge in [-0.15, -0.1) is 5.10 Å². The van der Waals surface area contributed by atoms with Crippen molar-refractivity contribution >= 4 is 38.3 Å². The van der Waals surface area contributed by atoms with E-state index in [-0.39, 0.29) is 0 Å². The SMILES string of the molecule is COc1ccc(CCNc2nc3c(-c4cccc(Br)c4)nnn3c3ccccc23)cc1OC. The maximum atomic E-state index is 5.42. The lowest BCUT2D eigenvalue weighted by Gasteiger charge is -2.12. The van der Waals surface area contributed by atoms with Crippen molar-refractivity contribution < 1.29 is 9.47 Å². The summed E-state index contributed by atoms with van der Waals surface area (Å²) in [5.74, 6) is 2.25. The standard InChI is InChI=1S/C25H22BrN5O2/c1-32-21-11-10-16(14-22(21)33-2)12-13-27-24-19-8-3-4-9-20(19)31-25(28-24)23(29-30-31)17-6-5-7-18(26)15-17/h3-11,14-15H,12-13H2,1-2H3,(H,27,28). The fraction of sp³-hybridized carbons (Fsp3) is 0.160. The summed E-state index contributed by atoms with van der Waals surface area (Å²) in [5.41, 5.74) is 4.50. The Bertz CT molecular complexity index is 1450. The molecule has 0 aliphatic heterocycles. The Morgan fingerprint density at radius 2 is 1.79 bits per heavy atom. The highest BCUT2D eigenvalue weighted by Gasteiger charge is 2.16. The fourth-order valence-electron chi connectivity index (χ4n) is 3.88. The van der Waals surface area contributed by atoms with Crippen LogP contribution in [0.4, 0.5) is 5.82 Å². The summed E-state index contributed by atoms with van der Waals surface area (Å²) >= 11 is 3.54. The van der Waals surface area contributed by atoms with Gasteiger partial charge in [0.15, 0.2) is 17.1 Å². The summed E-state index contributed by atoms with van der Waals surface area (Å²) in [6.45, 7) is 0.705. The van der Waals surface area contributed by atoms with E-state index in [1.165, 1.54) is 0 Å². The number of aromatic nitrogens is 4. The van der Waals surface area contributed by atoms with Crippen molar-refractivity contribution in [1.29, 1.82) is 0 Å². The number of methoxy groups -OCH3 is 2. The molecule has 5 aromatic rings. The molecule has 0 radical (unpaired) electrons. The molecule has 0 atom stereocenters. The molecule has 0 aliphatic carbocycles. The number of para-hydroxylation sites is 1. The Kier molecular flexibility index (Phi) is 5.83. The van der Waals surface area contributed by atoms with Gasteiger partial charge in [0.1, 0.15) is 11.5 Å². The van der Waals surface area contributed by atoms with Gasteiger partial charge in [-0.2, -0.15) is 4.52 Å². The van der Waals surface area contributed by atoms with Crippen molar-refractivity contribution in [2.45, 2.75) is 6.42 Å². The van der Waals surface area contributed by atoms with Crippen LogP contribution in [0.25, 0.3) is 27.8 Å². The number of nitrogens with zero attached hydrogens (tertiary/aromatic N) is 4. The molecule has 2 heterocycles. The third-order valence-corrected chi connectivity index (χ3v) is 6.00. The molecular weight excluding hydrogens is 482 g/mol. The predicted octanol–water partition coefficient (Wildman–Crippen LogP) is 5.38. The monoisotopic (exact) mass is 503 g/mol. The largest absolute Gasteiger partial charge is 0.493 e. The zero-order valence-corrected chi connectivity index (χ0v) is 19.8. The van der Waals surface area contributed by atoms with E-state index < -0.39 is 0 Å². The highest BCUT2D eigenvalue weighted by Crippen LogP contribution is 2.30. The molecule has 166 valence electrons. The molecule has 0 aliphatic rings. The highest BCUT2D eigenvalue weighted by atomic mass is 79.9. The van der Waals surface area contributed by atoms with E-state index in [0.717, 1.165) is 55.9 Å².